The Bertz CT molecular complexity index is 4630. The normalized spacial score (nSPS) is 23.5. The van der Waals surface area contributed by atoms with Crippen LogP contribution >= 0.6 is 11.8 Å². The number of hydrogen-bond acceptors (Lipinski definition) is 23. The number of amides is 17. The molecule has 14 atom stereocenters. The number of thioether (sulfide) groups is 1. The van der Waals surface area contributed by atoms with Crippen LogP contribution in [0.5, 0.6) is 5.75 Å². The topological polar surface area (TPSA) is 622 Å². The molecule has 17 amide bonds. The number of nitriles is 1. The molecule has 4 aromatic carbocycles. The van der Waals surface area contributed by atoms with Crippen LogP contribution in [0, 0.1) is 35.0 Å². The molecule has 0 spiro atoms. The highest BCUT2D eigenvalue weighted by Crippen LogP contribution is 2.23. The minimum Gasteiger partial charge on any atom is -0.497 e. The monoisotopic (exact) mass is 1790 g/mol. The number of carbonyl (C=O) groups excluding carboxylic acids is 17. The van der Waals surface area contributed by atoms with Gasteiger partial charge in [0.2, 0.25) is 100 Å². The highest BCUT2D eigenvalue weighted by atomic mass is 32.2. The minimum absolute atomic E-state index is 0.0989. The summed E-state index contributed by atoms with van der Waals surface area (Å²) in [6.07, 6.45) is -3.40. The lowest BCUT2D eigenvalue weighted by atomic mass is 9.97. The van der Waals surface area contributed by atoms with Crippen LogP contribution in [0.3, 0.4) is 0 Å². The van der Waals surface area contributed by atoms with Crippen molar-refractivity contribution in [3.05, 3.63) is 125 Å². The van der Waals surface area contributed by atoms with Crippen molar-refractivity contribution in [2.45, 2.75) is 199 Å². The molecule has 0 radical (unpaired) electrons. The fraction of sp³-hybridized carbons (Fsp3) is 0.500. The maximum Gasteiger partial charge on any atom is 0.305 e. The second-order valence-corrected chi connectivity index (χ2v) is 33.5. The number of aliphatic carboxylic acids is 1. The van der Waals surface area contributed by atoms with Gasteiger partial charge in [-0.15, -0.1) is 11.8 Å². The van der Waals surface area contributed by atoms with Crippen molar-refractivity contribution in [3.63, 3.8) is 0 Å². The summed E-state index contributed by atoms with van der Waals surface area (Å²) < 4.78 is 5.45. The third-order valence-electron chi connectivity index (χ3n) is 20.4. The van der Waals surface area contributed by atoms with E-state index in [1.54, 1.807) is 84.0 Å². The molecule has 1 aliphatic rings. The third kappa shape index (κ3) is 33.7. The van der Waals surface area contributed by atoms with Gasteiger partial charge in [-0.2, -0.15) is 5.26 Å². The Hall–Kier alpha value is -13.1. The third-order valence-corrected chi connectivity index (χ3v) is 21.4. The smallest absolute Gasteiger partial charge is 0.305 e. The van der Waals surface area contributed by atoms with Gasteiger partial charge >= 0.3 is 5.97 Å². The van der Waals surface area contributed by atoms with Crippen LogP contribution in [-0.4, -0.2) is 263 Å². The van der Waals surface area contributed by atoms with Crippen LogP contribution in [0.1, 0.15) is 117 Å². The SMILES string of the molecule is COc1cccc(C[C@@H]2NC(=O)[C@H](CC(=O)O)NC(=O)[C@H](Cc3cccc(C#N)c3)NC(=O)[C@H](CN)NC(=O)CSC[C@@H](C(=O)N[C@@H](C)C(N)=O)NC(=O)[C@H](CO)NC(=O)[C@H](C(C)C)NC(=O)[C@H](CC(C)C)NC(=O)[C@H](CC(N)=O)NC(=O)CN(C)C(=O)[C@H](C)N(C)C(=O)[C@H](C(C)C)NC(=O)[C@H](Cc3ccc(-c4ccccc4)cc3)NC(=O)[C@H](CC(C)C)NC2=O)c1. The molecular weight excluding hydrogens is 1670 g/mol. The van der Waals surface area contributed by atoms with Crippen LogP contribution in [0.4, 0.5) is 0 Å². The highest BCUT2D eigenvalue weighted by molar-refractivity contribution is 8.00. The van der Waals surface area contributed by atoms with E-state index in [-0.39, 0.29) is 36.3 Å². The maximum absolute atomic E-state index is 15.2. The number of aliphatic hydroxyl groups excluding tert-OH is 1. The van der Waals surface area contributed by atoms with E-state index in [4.69, 9.17) is 21.9 Å². The van der Waals surface area contributed by atoms with Gasteiger partial charge in [-0.1, -0.05) is 134 Å². The summed E-state index contributed by atoms with van der Waals surface area (Å²) in [4.78, 5) is 257. The second-order valence-electron chi connectivity index (χ2n) is 32.4. The van der Waals surface area contributed by atoms with Crippen molar-refractivity contribution in [2.24, 2.45) is 40.9 Å². The van der Waals surface area contributed by atoms with Crippen LogP contribution in [-0.2, 0) is 106 Å². The van der Waals surface area contributed by atoms with Gasteiger partial charge in [-0.25, -0.2) is 0 Å². The quantitative estimate of drug-likeness (QED) is 0.0348. The fourth-order valence-electron chi connectivity index (χ4n) is 13.2. The Morgan fingerprint density at radius 2 is 0.961 bits per heavy atom. The molecule has 0 aliphatic carbocycles. The van der Waals surface area contributed by atoms with Gasteiger partial charge in [0, 0.05) is 45.7 Å². The predicted octanol–water partition coefficient (Wildman–Crippen LogP) is -3.17. The van der Waals surface area contributed by atoms with Crippen molar-refractivity contribution in [3.8, 4) is 22.9 Å². The summed E-state index contributed by atoms with van der Waals surface area (Å²) in [5.74, 6) is -22.7. The Labute approximate surface area is 740 Å². The molecule has 690 valence electrons. The lowest BCUT2D eigenvalue weighted by Crippen LogP contribution is -2.61. The van der Waals surface area contributed by atoms with E-state index < -0.39 is 266 Å². The van der Waals surface area contributed by atoms with Gasteiger partial charge in [-0.05, 0) is 102 Å². The summed E-state index contributed by atoms with van der Waals surface area (Å²) in [5, 5.41) is 63.2. The molecule has 127 heavy (non-hydrogen) atoms. The average Bonchev–Trinajstić information content (AvgIpc) is 0.832. The molecule has 40 nitrogen and oxygen atoms in total. The standard InChI is InChI=1S/C86H119N19O21S/c1-44(2)29-57-74(113)96-59(33-50-25-27-55(28-26-50)54-22-15-14-16-23-54)80(119)103-72(47(7)8)86(125)105(12)49(10)85(124)104(11)40-68(108)92-62(36-67(89)107)77(116)95-58(30-45(3)4)79(118)102-71(46(5)6)84(123)100-65(41-106)82(121)101-66(83(122)91-48(9)73(90)112)42-127-43-69(109)93-64(39-88)81(120)98-60(34-51-19-17-21-53(31-51)38-87)76(115)99-63(37-70(110)111)78(117)97-61(75(114)94-57)35-52-20-18-24-56(32-52)126-13/h14-28,31-32,44-49,57-66,71-72,106H,29-30,33-37,39-43,88H2,1-13H3,(H2,89,107)(H2,90,112)(H,91,122)(H,92,108)(H,93,109)(H,94,114)(H,95,116)(H,96,113)(H,97,117)(H,98,120)(H,99,115)(H,100,123)(H,101,121)(H,102,118)(H,103,119)(H,110,111)/t48-,49-,57-,58-,59-,60-,61-,62-,63-,64-,65-,66-,71-,72-/m0/s1. The maximum atomic E-state index is 15.2. The molecule has 0 unspecified atom stereocenters. The van der Waals surface area contributed by atoms with Gasteiger partial charge in [0.25, 0.3) is 0 Å². The molecular formula is C86H119N19O21S. The minimum atomic E-state index is -2.08. The largest absolute Gasteiger partial charge is 0.497 e. The number of carboxylic acid groups (broad SMARTS) is 1. The number of carbonyl (C=O) groups is 18. The number of carboxylic acids is 1. The number of aliphatic hydroxyl groups is 1. The molecule has 1 aliphatic heterocycles. The van der Waals surface area contributed by atoms with E-state index in [1.165, 1.54) is 79.2 Å². The first kappa shape index (κ1) is 104. The van der Waals surface area contributed by atoms with Gasteiger partial charge < -0.3 is 111 Å². The van der Waals surface area contributed by atoms with E-state index in [1.807, 2.05) is 36.4 Å². The molecule has 5 rings (SSSR count). The van der Waals surface area contributed by atoms with Crippen LogP contribution in [0.15, 0.2) is 103 Å². The first-order chi connectivity index (χ1) is 59.9. The molecule has 0 aromatic heterocycles. The molecule has 21 N–H and O–H groups in total. The molecule has 0 bridgehead atoms. The van der Waals surface area contributed by atoms with Gasteiger partial charge in [0.15, 0.2) is 0 Å². The van der Waals surface area contributed by atoms with E-state index in [2.05, 4.69) is 69.1 Å². The molecule has 1 saturated heterocycles. The number of hydrogen-bond donors (Lipinski definition) is 18. The number of nitrogens with two attached hydrogens (primary N) is 3. The van der Waals surface area contributed by atoms with E-state index >= 15 is 14.4 Å². The van der Waals surface area contributed by atoms with Gasteiger partial charge in [0.05, 0.1) is 50.5 Å². The Morgan fingerprint density at radius 1 is 0.512 bits per heavy atom. The number of nitrogens with one attached hydrogen (secondary N) is 13. The van der Waals surface area contributed by atoms with E-state index in [0.29, 0.717) is 28.6 Å². The number of benzene rings is 4. The van der Waals surface area contributed by atoms with Crippen molar-refractivity contribution in [2.75, 3.05) is 52.4 Å². The van der Waals surface area contributed by atoms with E-state index in [0.717, 1.165) is 20.9 Å². The van der Waals surface area contributed by atoms with Crippen LogP contribution in [0.25, 0.3) is 11.1 Å². The number of methoxy groups -OCH3 is 1. The van der Waals surface area contributed by atoms with Gasteiger partial charge in [0.1, 0.15) is 90.3 Å². The first-order valence-corrected chi connectivity index (χ1v) is 42.4. The molecule has 0 saturated carbocycles. The number of nitrogens with zero attached hydrogens (tertiary/aromatic N) is 3. The lowest BCUT2D eigenvalue weighted by molar-refractivity contribution is -0.147. The number of ether oxygens (including phenoxy) is 1. The second kappa shape index (κ2) is 50.8. The highest BCUT2D eigenvalue weighted by Gasteiger charge is 2.41. The van der Waals surface area contributed by atoms with Crippen molar-refractivity contribution in [1.29, 1.82) is 5.26 Å². The van der Waals surface area contributed by atoms with Crippen molar-refractivity contribution >= 4 is 118 Å². The lowest BCUT2D eigenvalue weighted by Gasteiger charge is -2.33. The van der Waals surface area contributed by atoms with Crippen molar-refractivity contribution in [1.82, 2.24) is 78.9 Å². The van der Waals surface area contributed by atoms with E-state index in [9.17, 15) is 87.4 Å². The zero-order valence-electron chi connectivity index (χ0n) is 73.3. The summed E-state index contributed by atoms with van der Waals surface area (Å²) in [7, 11) is 3.83. The number of primary amides is 2. The molecule has 4 aromatic rings. The van der Waals surface area contributed by atoms with Crippen LogP contribution in [0.2, 0.25) is 0 Å². The number of likely N-dealkylation sites (N-methyl/N-ethyl adjacent to an activating group) is 2. The first-order valence-electron chi connectivity index (χ1n) is 41.3. The van der Waals surface area contributed by atoms with Crippen molar-refractivity contribution < 1.29 is 101 Å². The molecule has 1 fully saturated rings. The fourth-order valence-corrected chi connectivity index (χ4v) is 14.1. The molecule has 41 heteroatoms. The Kier molecular flexibility index (Phi) is 41.7. The summed E-state index contributed by atoms with van der Waals surface area (Å²) in [6, 6.07) is 7.14. The van der Waals surface area contributed by atoms with Crippen LogP contribution < -0.4 is 91.1 Å². The average molecular weight is 1790 g/mol. The zero-order valence-corrected chi connectivity index (χ0v) is 74.1. The summed E-state index contributed by atoms with van der Waals surface area (Å²) in [6.45, 7) is 12.9. The zero-order chi connectivity index (χ0) is 94.8. The number of rotatable bonds is 23. The Morgan fingerprint density at radius 3 is 1.46 bits per heavy atom. The Balaban J connectivity index is 1.65. The predicted molar refractivity (Wildman–Crippen MR) is 465 cm³/mol. The summed E-state index contributed by atoms with van der Waals surface area (Å²) >= 11 is 0.659. The molecule has 1 heterocycles. The van der Waals surface area contributed by atoms with Gasteiger partial charge in [-0.3, -0.25) is 86.3 Å². The summed E-state index contributed by atoms with van der Waals surface area (Å²) in [5.41, 5.74) is 19.9.